The number of fused-ring (bicyclic) bond motifs is 2. The van der Waals surface area contributed by atoms with Crippen molar-refractivity contribution in [3.63, 3.8) is 0 Å². The van der Waals surface area contributed by atoms with Crippen molar-refractivity contribution in [2.45, 2.75) is 24.9 Å². The summed E-state index contributed by atoms with van der Waals surface area (Å²) in [7, 11) is 1.58. The van der Waals surface area contributed by atoms with E-state index < -0.39 is 11.6 Å². The first-order valence-electron chi connectivity index (χ1n) is 7.95. The third kappa shape index (κ3) is 2.44. The van der Waals surface area contributed by atoms with Crippen LogP contribution in [0.2, 0.25) is 5.15 Å². The summed E-state index contributed by atoms with van der Waals surface area (Å²) in [5, 5.41) is 3.23. The number of nitrogens with zero attached hydrogens (tertiary/aromatic N) is 2. The molecule has 1 spiro atoms. The van der Waals surface area contributed by atoms with Gasteiger partial charge in [-0.15, -0.1) is 0 Å². The number of carbonyl (C=O) groups is 2. The van der Waals surface area contributed by atoms with E-state index in [1.54, 1.807) is 25.4 Å². The molecule has 1 aliphatic carbocycles. The minimum Gasteiger partial charge on any atom is -0.497 e. The molecule has 0 radical (unpaired) electrons. The number of halogens is 1. The second kappa shape index (κ2) is 5.74. The summed E-state index contributed by atoms with van der Waals surface area (Å²) in [6.45, 7) is 0.161. The zero-order valence-corrected chi connectivity index (χ0v) is 14.3. The van der Waals surface area contributed by atoms with Crippen molar-refractivity contribution in [2.75, 3.05) is 7.11 Å². The molecular formula is C18H16ClN3O3. The van der Waals surface area contributed by atoms with Gasteiger partial charge in [-0.1, -0.05) is 17.7 Å². The summed E-state index contributed by atoms with van der Waals surface area (Å²) in [6.07, 6.45) is 2.84. The molecule has 1 aromatic heterocycles. The standard InChI is InChI=1S/C18H16ClN3O3/c1-25-13-3-2-12-4-6-18(14(12)9-13)16(23)22(17(24)21-18)10-11-5-7-20-15(19)8-11/h2-3,5,7-9H,4,6,10H2,1H3,(H,21,24). The maximum absolute atomic E-state index is 13.1. The summed E-state index contributed by atoms with van der Waals surface area (Å²) in [4.78, 5) is 30.8. The van der Waals surface area contributed by atoms with Gasteiger partial charge in [0.05, 0.1) is 13.7 Å². The number of aromatic nitrogens is 1. The largest absolute Gasteiger partial charge is 0.497 e. The third-order valence-corrected chi connectivity index (χ3v) is 5.06. The van der Waals surface area contributed by atoms with Gasteiger partial charge in [-0.2, -0.15) is 0 Å². The molecule has 2 aliphatic rings. The Hall–Kier alpha value is -2.60. The Kier molecular flexibility index (Phi) is 3.65. The molecule has 1 aliphatic heterocycles. The van der Waals surface area contributed by atoms with E-state index in [4.69, 9.17) is 16.3 Å². The van der Waals surface area contributed by atoms with Gasteiger partial charge in [0, 0.05) is 6.20 Å². The predicted molar refractivity (Wildman–Crippen MR) is 91.3 cm³/mol. The summed E-state index contributed by atoms with van der Waals surface area (Å²) >= 11 is 5.90. The Bertz CT molecular complexity index is 886. The highest BCUT2D eigenvalue weighted by molar-refractivity contribution is 6.29. The molecule has 2 heterocycles. The van der Waals surface area contributed by atoms with Crippen LogP contribution >= 0.6 is 11.6 Å². The number of aryl methyl sites for hydroxylation is 1. The first kappa shape index (κ1) is 15.9. The molecule has 2 aromatic rings. The van der Waals surface area contributed by atoms with Crippen molar-refractivity contribution in [1.82, 2.24) is 15.2 Å². The highest BCUT2D eigenvalue weighted by Gasteiger charge is 2.55. The van der Waals surface area contributed by atoms with Gasteiger partial charge in [-0.3, -0.25) is 9.69 Å². The molecule has 1 saturated heterocycles. The number of pyridine rings is 1. The Labute approximate surface area is 149 Å². The van der Waals surface area contributed by atoms with E-state index >= 15 is 0 Å². The lowest BCUT2D eigenvalue weighted by atomic mass is 9.91. The lowest BCUT2D eigenvalue weighted by Gasteiger charge is -2.22. The van der Waals surface area contributed by atoms with Gasteiger partial charge < -0.3 is 10.1 Å². The molecule has 128 valence electrons. The number of hydrogen-bond acceptors (Lipinski definition) is 4. The highest BCUT2D eigenvalue weighted by atomic mass is 35.5. The number of benzene rings is 1. The van der Waals surface area contributed by atoms with E-state index in [0.717, 1.165) is 23.1 Å². The third-order valence-electron chi connectivity index (χ3n) is 4.85. The molecule has 7 heteroatoms. The number of imide groups is 1. The number of nitrogens with one attached hydrogen (secondary N) is 1. The fourth-order valence-electron chi connectivity index (χ4n) is 3.60. The van der Waals surface area contributed by atoms with Crippen molar-refractivity contribution >= 4 is 23.5 Å². The van der Waals surface area contributed by atoms with Crippen LogP contribution in [-0.2, 0) is 23.3 Å². The van der Waals surface area contributed by atoms with Gasteiger partial charge in [-0.05, 0) is 53.8 Å². The monoisotopic (exact) mass is 357 g/mol. The fraction of sp³-hybridized carbons (Fsp3) is 0.278. The van der Waals surface area contributed by atoms with Crippen LogP contribution in [0.4, 0.5) is 4.79 Å². The lowest BCUT2D eigenvalue weighted by molar-refractivity contribution is -0.132. The minimum atomic E-state index is -1.00. The molecule has 1 unspecified atom stereocenters. The number of urea groups is 1. The SMILES string of the molecule is COc1ccc2c(c1)C1(CC2)NC(=O)N(Cc2ccnc(Cl)c2)C1=O. The van der Waals surface area contributed by atoms with Crippen molar-refractivity contribution in [3.8, 4) is 5.75 Å². The second-order valence-electron chi connectivity index (χ2n) is 6.24. The van der Waals surface area contributed by atoms with Crippen molar-refractivity contribution in [2.24, 2.45) is 0 Å². The van der Waals surface area contributed by atoms with Gasteiger partial charge in [0.15, 0.2) is 0 Å². The summed E-state index contributed by atoms with van der Waals surface area (Å²) in [5.41, 5.74) is 1.63. The van der Waals surface area contributed by atoms with Gasteiger partial charge in [-0.25, -0.2) is 9.78 Å². The van der Waals surface area contributed by atoms with E-state index in [9.17, 15) is 9.59 Å². The Balaban J connectivity index is 1.69. The topological polar surface area (TPSA) is 71.5 Å². The number of carbonyl (C=O) groups excluding carboxylic acids is 2. The lowest BCUT2D eigenvalue weighted by Crippen LogP contribution is -2.41. The second-order valence-corrected chi connectivity index (χ2v) is 6.62. The van der Waals surface area contributed by atoms with Crippen molar-refractivity contribution in [3.05, 3.63) is 58.4 Å². The van der Waals surface area contributed by atoms with E-state index in [1.807, 2.05) is 18.2 Å². The van der Waals surface area contributed by atoms with Crippen LogP contribution in [0.25, 0.3) is 0 Å². The van der Waals surface area contributed by atoms with Gasteiger partial charge in [0.2, 0.25) is 0 Å². The quantitative estimate of drug-likeness (QED) is 0.677. The molecule has 1 N–H and O–H groups in total. The van der Waals surface area contributed by atoms with E-state index in [2.05, 4.69) is 10.3 Å². The molecule has 6 nitrogen and oxygen atoms in total. The molecule has 1 aromatic carbocycles. The summed E-state index contributed by atoms with van der Waals surface area (Å²) < 4.78 is 5.28. The van der Waals surface area contributed by atoms with Gasteiger partial charge >= 0.3 is 6.03 Å². The van der Waals surface area contributed by atoms with Crippen LogP contribution in [-0.4, -0.2) is 28.9 Å². The Morgan fingerprint density at radius 3 is 2.92 bits per heavy atom. The van der Waals surface area contributed by atoms with Crippen LogP contribution in [0.15, 0.2) is 36.5 Å². The van der Waals surface area contributed by atoms with Crippen LogP contribution in [0, 0.1) is 0 Å². The predicted octanol–water partition coefficient (Wildman–Crippen LogP) is 2.64. The van der Waals surface area contributed by atoms with Crippen molar-refractivity contribution < 1.29 is 14.3 Å². The average Bonchev–Trinajstić information content (AvgIpc) is 3.08. The van der Waals surface area contributed by atoms with Crippen LogP contribution < -0.4 is 10.1 Å². The van der Waals surface area contributed by atoms with Gasteiger partial charge in [0.25, 0.3) is 5.91 Å². The van der Waals surface area contributed by atoms with Crippen LogP contribution in [0.1, 0.15) is 23.1 Å². The maximum atomic E-state index is 13.1. The van der Waals surface area contributed by atoms with Crippen LogP contribution in [0.5, 0.6) is 5.75 Å². The summed E-state index contributed by atoms with van der Waals surface area (Å²) in [6, 6.07) is 8.66. The molecule has 3 amide bonds. The first-order valence-corrected chi connectivity index (χ1v) is 8.33. The number of rotatable bonds is 3. The van der Waals surface area contributed by atoms with Crippen molar-refractivity contribution in [1.29, 1.82) is 0 Å². The van der Waals surface area contributed by atoms with Gasteiger partial charge in [0.1, 0.15) is 16.4 Å². The molecule has 25 heavy (non-hydrogen) atoms. The van der Waals surface area contributed by atoms with E-state index in [1.165, 1.54) is 4.90 Å². The normalized spacial score (nSPS) is 21.6. The summed E-state index contributed by atoms with van der Waals surface area (Å²) in [5.74, 6) is 0.430. The molecule has 1 fully saturated rings. The smallest absolute Gasteiger partial charge is 0.325 e. The van der Waals surface area contributed by atoms with E-state index in [-0.39, 0.29) is 12.5 Å². The molecule has 1 atom stereocenters. The molecular weight excluding hydrogens is 342 g/mol. The molecule has 0 saturated carbocycles. The highest BCUT2D eigenvalue weighted by Crippen LogP contribution is 2.43. The zero-order chi connectivity index (χ0) is 17.6. The number of methoxy groups -OCH3 is 1. The maximum Gasteiger partial charge on any atom is 0.325 e. The number of hydrogen-bond donors (Lipinski definition) is 1. The Morgan fingerprint density at radius 2 is 2.16 bits per heavy atom. The number of ether oxygens (including phenoxy) is 1. The first-order chi connectivity index (χ1) is 12.0. The zero-order valence-electron chi connectivity index (χ0n) is 13.6. The fourth-order valence-corrected chi connectivity index (χ4v) is 3.80. The number of amides is 3. The molecule has 0 bridgehead atoms. The minimum absolute atomic E-state index is 0.161. The van der Waals surface area contributed by atoms with E-state index in [0.29, 0.717) is 17.3 Å². The molecule has 4 rings (SSSR count). The Morgan fingerprint density at radius 1 is 1.32 bits per heavy atom. The van der Waals surface area contributed by atoms with Crippen LogP contribution in [0.3, 0.4) is 0 Å². The average molecular weight is 358 g/mol.